The normalized spacial score (nSPS) is 16.2. The number of aryl methyl sites for hydroxylation is 2. The number of nitrogens with zero attached hydrogens (tertiary/aromatic N) is 1. The molecule has 3 aromatic rings. The van der Waals surface area contributed by atoms with Gasteiger partial charge in [-0.25, -0.2) is 0 Å². The number of hydrogen-bond acceptors (Lipinski definition) is 2. The number of rotatable bonds is 0. The zero-order valence-corrected chi connectivity index (χ0v) is 13.2. The number of para-hydroxylation sites is 2. The third-order valence-electron chi connectivity index (χ3n) is 4.00. The molecule has 1 aliphatic heterocycles. The zero-order chi connectivity index (χ0) is 15.4. The Kier molecular flexibility index (Phi) is 4.38. The molecule has 0 fully saturated rings. The van der Waals surface area contributed by atoms with Crippen LogP contribution in [0.15, 0.2) is 60.7 Å². The Balaban J connectivity index is 0.000000131. The van der Waals surface area contributed by atoms with E-state index in [4.69, 9.17) is 0 Å². The van der Waals surface area contributed by atoms with Crippen LogP contribution in [0.5, 0.6) is 0 Å². The van der Waals surface area contributed by atoms with E-state index in [9.17, 15) is 0 Å². The van der Waals surface area contributed by atoms with Gasteiger partial charge in [-0.2, -0.15) is 0 Å². The van der Waals surface area contributed by atoms with Gasteiger partial charge in [-0.3, -0.25) is 4.98 Å². The fraction of sp³-hybridized carbons (Fsp3) is 0.250. The molecule has 0 amide bonds. The lowest BCUT2D eigenvalue weighted by atomic mass is 9.99. The van der Waals surface area contributed by atoms with Crippen LogP contribution in [-0.2, 0) is 6.42 Å². The minimum absolute atomic E-state index is 0.643. The van der Waals surface area contributed by atoms with E-state index in [1.807, 2.05) is 31.2 Å². The van der Waals surface area contributed by atoms with E-state index in [0.29, 0.717) is 6.04 Å². The van der Waals surface area contributed by atoms with Crippen LogP contribution < -0.4 is 5.32 Å². The molecule has 0 aliphatic carbocycles. The molecule has 0 saturated heterocycles. The fourth-order valence-electron chi connectivity index (χ4n) is 2.76. The van der Waals surface area contributed by atoms with E-state index < -0.39 is 0 Å². The van der Waals surface area contributed by atoms with E-state index in [-0.39, 0.29) is 0 Å². The smallest absolute Gasteiger partial charge is 0.0705 e. The largest absolute Gasteiger partial charge is 0.382 e. The summed E-state index contributed by atoms with van der Waals surface area (Å²) in [4.78, 5) is 4.38. The van der Waals surface area contributed by atoms with E-state index >= 15 is 0 Å². The maximum absolute atomic E-state index is 4.38. The Morgan fingerprint density at radius 1 is 0.955 bits per heavy atom. The number of pyridine rings is 1. The van der Waals surface area contributed by atoms with Crippen LogP contribution in [-0.4, -0.2) is 11.0 Å². The summed E-state index contributed by atoms with van der Waals surface area (Å²) in [6.07, 6.45) is 2.49. The Hall–Kier alpha value is -2.35. The molecule has 2 nitrogen and oxygen atoms in total. The van der Waals surface area contributed by atoms with Crippen LogP contribution in [0, 0.1) is 6.92 Å². The second-order valence-corrected chi connectivity index (χ2v) is 5.89. The number of benzene rings is 2. The van der Waals surface area contributed by atoms with Gasteiger partial charge in [0, 0.05) is 22.8 Å². The molecule has 0 bridgehead atoms. The Morgan fingerprint density at radius 3 is 2.64 bits per heavy atom. The van der Waals surface area contributed by atoms with Crippen LogP contribution in [0.3, 0.4) is 0 Å². The SMILES string of the molecule is CC1CCc2ccccc2N1.Cc1ccc2ccccc2n1. The first-order chi connectivity index (χ1) is 10.7. The third-order valence-corrected chi connectivity index (χ3v) is 4.00. The van der Waals surface area contributed by atoms with Crippen molar-refractivity contribution in [1.29, 1.82) is 0 Å². The molecule has 1 aromatic heterocycles. The monoisotopic (exact) mass is 290 g/mol. The van der Waals surface area contributed by atoms with Gasteiger partial charge in [0.1, 0.15) is 0 Å². The highest BCUT2D eigenvalue weighted by atomic mass is 14.9. The predicted molar refractivity (Wildman–Crippen MR) is 94.3 cm³/mol. The highest BCUT2D eigenvalue weighted by Gasteiger charge is 2.11. The van der Waals surface area contributed by atoms with Crippen molar-refractivity contribution >= 4 is 16.6 Å². The second kappa shape index (κ2) is 6.61. The first-order valence-electron chi connectivity index (χ1n) is 7.89. The molecule has 0 radical (unpaired) electrons. The molecule has 1 aliphatic rings. The number of aromatic nitrogens is 1. The number of nitrogens with one attached hydrogen (secondary N) is 1. The van der Waals surface area contributed by atoms with Crippen LogP contribution in [0.1, 0.15) is 24.6 Å². The number of hydrogen-bond donors (Lipinski definition) is 1. The first-order valence-corrected chi connectivity index (χ1v) is 7.89. The molecule has 1 unspecified atom stereocenters. The highest BCUT2D eigenvalue weighted by molar-refractivity contribution is 5.78. The minimum Gasteiger partial charge on any atom is -0.382 e. The summed E-state index contributed by atoms with van der Waals surface area (Å²) < 4.78 is 0. The van der Waals surface area contributed by atoms with E-state index in [1.54, 1.807) is 0 Å². The Morgan fingerprint density at radius 2 is 1.73 bits per heavy atom. The summed E-state index contributed by atoms with van der Waals surface area (Å²) in [5.74, 6) is 0. The van der Waals surface area contributed by atoms with Crippen molar-refractivity contribution in [1.82, 2.24) is 4.98 Å². The molecular formula is C20H22N2. The van der Waals surface area contributed by atoms with Crippen LogP contribution >= 0.6 is 0 Å². The van der Waals surface area contributed by atoms with Gasteiger partial charge >= 0.3 is 0 Å². The lowest BCUT2D eigenvalue weighted by Crippen LogP contribution is -2.21. The summed E-state index contributed by atoms with van der Waals surface area (Å²) >= 11 is 0. The molecular weight excluding hydrogens is 268 g/mol. The molecule has 2 heterocycles. The van der Waals surface area contributed by atoms with Crippen molar-refractivity contribution in [3.8, 4) is 0 Å². The molecule has 4 rings (SSSR count). The van der Waals surface area contributed by atoms with Crippen molar-refractivity contribution in [2.45, 2.75) is 32.7 Å². The molecule has 22 heavy (non-hydrogen) atoms. The molecule has 2 aromatic carbocycles. The van der Waals surface area contributed by atoms with Gasteiger partial charge < -0.3 is 5.32 Å². The van der Waals surface area contributed by atoms with Gasteiger partial charge in [-0.1, -0.05) is 42.5 Å². The molecule has 0 saturated carbocycles. The number of anilines is 1. The third kappa shape index (κ3) is 3.45. The Labute approximate surface area is 132 Å². The second-order valence-electron chi connectivity index (χ2n) is 5.89. The quantitative estimate of drug-likeness (QED) is 0.632. The highest BCUT2D eigenvalue weighted by Crippen LogP contribution is 2.23. The molecule has 1 N–H and O–H groups in total. The number of fused-ring (bicyclic) bond motifs is 2. The maximum Gasteiger partial charge on any atom is 0.0705 e. The minimum atomic E-state index is 0.643. The van der Waals surface area contributed by atoms with Crippen molar-refractivity contribution in [3.63, 3.8) is 0 Å². The summed E-state index contributed by atoms with van der Waals surface area (Å²) in [6.45, 7) is 4.24. The lowest BCUT2D eigenvalue weighted by molar-refractivity contribution is 0.681. The summed E-state index contributed by atoms with van der Waals surface area (Å²) in [5, 5.41) is 4.67. The fourth-order valence-corrected chi connectivity index (χ4v) is 2.76. The van der Waals surface area contributed by atoms with Gasteiger partial charge in [-0.05, 0) is 50.5 Å². The molecule has 1 atom stereocenters. The van der Waals surface area contributed by atoms with Gasteiger partial charge in [0.2, 0.25) is 0 Å². The van der Waals surface area contributed by atoms with E-state index in [2.05, 4.69) is 53.6 Å². The van der Waals surface area contributed by atoms with Crippen molar-refractivity contribution in [2.75, 3.05) is 5.32 Å². The van der Waals surface area contributed by atoms with Crippen molar-refractivity contribution in [3.05, 3.63) is 71.9 Å². The van der Waals surface area contributed by atoms with E-state index in [0.717, 1.165) is 11.2 Å². The summed E-state index contributed by atoms with van der Waals surface area (Å²) in [5.41, 5.74) is 4.94. The van der Waals surface area contributed by atoms with E-state index in [1.165, 1.54) is 29.5 Å². The Bertz CT molecular complexity index is 764. The topological polar surface area (TPSA) is 24.9 Å². The standard InChI is InChI=1S/C10H13N.C10H9N/c2*1-8-6-7-9-4-2-3-5-10(9)11-8/h2-5,8,11H,6-7H2,1H3;2-7H,1H3. The lowest BCUT2D eigenvalue weighted by Gasteiger charge is -2.23. The van der Waals surface area contributed by atoms with Gasteiger partial charge in [0.05, 0.1) is 5.52 Å². The van der Waals surface area contributed by atoms with Crippen molar-refractivity contribution < 1.29 is 0 Å². The molecule has 2 heteroatoms. The zero-order valence-electron chi connectivity index (χ0n) is 13.2. The van der Waals surface area contributed by atoms with Gasteiger partial charge in [-0.15, -0.1) is 0 Å². The summed E-state index contributed by atoms with van der Waals surface area (Å²) in [6, 6.07) is 21.5. The van der Waals surface area contributed by atoms with Gasteiger partial charge in [0.15, 0.2) is 0 Å². The molecule has 0 spiro atoms. The molecule has 112 valence electrons. The average Bonchev–Trinajstić information content (AvgIpc) is 2.55. The predicted octanol–water partition coefficient (Wildman–Crippen LogP) is 4.98. The van der Waals surface area contributed by atoms with Crippen LogP contribution in [0.2, 0.25) is 0 Å². The van der Waals surface area contributed by atoms with Crippen molar-refractivity contribution in [2.24, 2.45) is 0 Å². The van der Waals surface area contributed by atoms with Crippen LogP contribution in [0.4, 0.5) is 5.69 Å². The first kappa shape index (κ1) is 14.6. The average molecular weight is 290 g/mol. The summed E-state index contributed by atoms with van der Waals surface area (Å²) in [7, 11) is 0. The van der Waals surface area contributed by atoms with Gasteiger partial charge in [0.25, 0.3) is 0 Å². The maximum atomic E-state index is 4.38. The van der Waals surface area contributed by atoms with Crippen LogP contribution in [0.25, 0.3) is 10.9 Å².